The van der Waals surface area contributed by atoms with Crippen molar-refractivity contribution < 1.29 is 19.1 Å². The fraction of sp³-hybridized carbons (Fsp3) is 0.429. The van der Waals surface area contributed by atoms with Crippen LogP contribution >= 0.6 is 0 Å². The summed E-state index contributed by atoms with van der Waals surface area (Å²) in [5.74, 6) is -0.619. The summed E-state index contributed by atoms with van der Waals surface area (Å²) in [4.78, 5) is 26.4. The number of halogens is 1. The summed E-state index contributed by atoms with van der Waals surface area (Å²) in [6.45, 7) is 1.28. The van der Waals surface area contributed by atoms with Gasteiger partial charge in [0.1, 0.15) is 5.82 Å². The SMILES string of the molecule is O=C(O)N1CCCC(N2Cc3ccc(F)cc3C2=O)C1. The quantitative estimate of drug-likeness (QED) is 0.853. The molecule has 1 aromatic rings. The van der Waals surface area contributed by atoms with Gasteiger partial charge in [-0.15, -0.1) is 0 Å². The van der Waals surface area contributed by atoms with Crippen molar-refractivity contribution >= 4 is 12.0 Å². The van der Waals surface area contributed by atoms with Gasteiger partial charge >= 0.3 is 6.09 Å². The molecule has 6 heteroatoms. The van der Waals surface area contributed by atoms with Gasteiger partial charge in [-0.1, -0.05) is 6.07 Å². The monoisotopic (exact) mass is 278 g/mol. The van der Waals surface area contributed by atoms with Gasteiger partial charge in [-0.05, 0) is 30.5 Å². The Labute approximate surface area is 115 Å². The molecule has 1 fully saturated rings. The van der Waals surface area contributed by atoms with Crippen LogP contribution < -0.4 is 0 Å². The topological polar surface area (TPSA) is 60.9 Å². The Balaban J connectivity index is 1.80. The van der Waals surface area contributed by atoms with Crippen molar-refractivity contribution in [3.8, 4) is 0 Å². The van der Waals surface area contributed by atoms with Gasteiger partial charge in [0.05, 0.1) is 6.04 Å². The van der Waals surface area contributed by atoms with E-state index < -0.39 is 11.9 Å². The van der Waals surface area contributed by atoms with E-state index in [2.05, 4.69) is 0 Å². The lowest BCUT2D eigenvalue weighted by atomic mass is 10.0. The van der Waals surface area contributed by atoms with Crippen LogP contribution in [0.4, 0.5) is 9.18 Å². The number of rotatable bonds is 1. The third-order valence-corrected chi connectivity index (χ3v) is 4.01. The van der Waals surface area contributed by atoms with E-state index in [9.17, 15) is 14.0 Å². The lowest BCUT2D eigenvalue weighted by Gasteiger charge is -2.36. The van der Waals surface area contributed by atoms with Crippen LogP contribution in [0.1, 0.15) is 28.8 Å². The predicted octanol–water partition coefficient (Wildman–Crippen LogP) is 1.92. The number of carbonyl (C=O) groups is 2. The van der Waals surface area contributed by atoms with Crippen molar-refractivity contribution in [1.82, 2.24) is 9.80 Å². The zero-order valence-electron chi connectivity index (χ0n) is 10.9. The van der Waals surface area contributed by atoms with E-state index in [0.29, 0.717) is 25.2 Å². The van der Waals surface area contributed by atoms with Crippen LogP contribution in [0.25, 0.3) is 0 Å². The van der Waals surface area contributed by atoms with Crippen molar-refractivity contribution in [1.29, 1.82) is 0 Å². The molecule has 0 aromatic heterocycles. The molecule has 0 spiro atoms. The lowest BCUT2D eigenvalue weighted by Crippen LogP contribution is -2.49. The summed E-state index contributed by atoms with van der Waals surface area (Å²) in [5.41, 5.74) is 1.21. The normalized spacial score (nSPS) is 22.1. The predicted molar refractivity (Wildman–Crippen MR) is 68.9 cm³/mol. The molecule has 1 unspecified atom stereocenters. The van der Waals surface area contributed by atoms with E-state index in [0.717, 1.165) is 18.4 Å². The molecule has 1 N–H and O–H groups in total. The van der Waals surface area contributed by atoms with Gasteiger partial charge in [0, 0.05) is 25.2 Å². The van der Waals surface area contributed by atoms with Crippen molar-refractivity contribution in [2.24, 2.45) is 0 Å². The molecule has 1 saturated heterocycles. The first kappa shape index (κ1) is 12.9. The maximum atomic E-state index is 13.2. The number of benzene rings is 1. The molecule has 1 aromatic carbocycles. The minimum atomic E-state index is -0.954. The number of carbonyl (C=O) groups excluding carboxylic acids is 1. The zero-order valence-corrected chi connectivity index (χ0v) is 10.9. The first-order chi connectivity index (χ1) is 9.56. The first-order valence-corrected chi connectivity index (χ1v) is 6.63. The lowest BCUT2D eigenvalue weighted by molar-refractivity contribution is 0.0559. The molecule has 2 amide bonds. The summed E-state index contributed by atoms with van der Waals surface area (Å²) >= 11 is 0. The third-order valence-electron chi connectivity index (χ3n) is 4.01. The molecule has 3 rings (SSSR count). The third kappa shape index (κ3) is 2.11. The molecular formula is C14H15FN2O3. The largest absolute Gasteiger partial charge is 0.465 e. The summed E-state index contributed by atoms with van der Waals surface area (Å²) in [6.07, 6.45) is 0.571. The molecule has 5 nitrogen and oxygen atoms in total. The standard InChI is InChI=1S/C14H15FN2O3/c15-10-4-3-9-7-17(13(18)12(9)6-10)11-2-1-5-16(8-11)14(19)20/h3-4,6,11H,1-2,5,7-8H2,(H,19,20). The van der Waals surface area contributed by atoms with E-state index in [1.807, 2.05) is 0 Å². The summed E-state index contributed by atoms with van der Waals surface area (Å²) in [6, 6.07) is 4.11. The van der Waals surface area contributed by atoms with Crippen LogP contribution in [-0.4, -0.2) is 46.0 Å². The molecule has 2 aliphatic heterocycles. The Morgan fingerprint density at radius 2 is 2.20 bits per heavy atom. The van der Waals surface area contributed by atoms with E-state index in [-0.39, 0.29) is 11.9 Å². The van der Waals surface area contributed by atoms with Gasteiger partial charge in [0.2, 0.25) is 0 Å². The number of hydrogen-bond acceptors (Lipinski definition) is 2. The number of likely N-dealkylation sites (tertiary alicyclic amines) is 1. The average Bonchev–Trinajstić information content (AvgIpc) is 2.76. The van der Waals surface area contributed by atoms with Gasteiger partial charge < -0.3 is 14.9 Å². The highest BCUT2D eigenvalue weighted by Crippen LogP contribution is 2.28. The summed E-state index contributed by atoms with van der Waals surface area (Å²) in [7, 11) is 0. The van der Waals surface area contributed by atoms with Gasteiger partial charge in [-0.2, -0.15) is 0 Å². The molecule has 2 heterocycles. The van der Waals surface area contributed by atoms with E-state index in [1.54, 1.807) is 11.0 Å². The van der Waals surface area contributed by atoms with Crippen molar-refractivity contribution in [3.63, 3.8) is 0 Å². The van der Waals surface area contributed by atoms with Crippen molar-refractivity contribution in [2.75, 3.05) is 13.1 Å². The summed E-state index contributed by atoms with van der Waals surface area (Å²) in [5, 5.41) is 9.05. The molecule has 0 radical (unpaired) electrons. The second kappa shape index (κ2) is 4.77. The van der Waals surface area contributed by atoms with Crippen LogP contribution in [0, 0.1) is 5.82 Å². The van der Waals surface area contributed by atoms with Gasteiger partial charge in [-0.3, -0.25) is 4.79 Å². The summed E-state index contributed by atoms with van der Waals surface area (Å²) < 4.78 is 13.2. The smallest absolute Gasteiger partial charge is 0.407 e. The fourth-order valence-electron chi connectivity index (χ4n) is 2.97. The molecule has 106 valence electrons. The van der Waals surface area contributed by atoms with Crippen LogP contribution in [0.3, 0.4) is 0 Å². The zero-order chi connectivity index (χ0) is 14.3. The fourth-order valence-corrected chi connectivity index (χ4v) is 2.97. The Bertz CT molecular complexity index is 576. The number of piperidine rings is 1. The van der Waals surface area contributed by atoms with Crippen molar-refractivity contribution in [3.05, 3.63) is 35.1 Å². The Kier molecular flexibility index (Phi) is 3.08. The Morgan fingerprint density at radius 3 is 2.95 bits per heavy atom. The van der Waals surface area contributed by atoms with Crippen molar-refractivity contribution in [2.45, 2.75) is 25.4 Å². The molecule has 2 aliphatic rings. The highest BCUT2D eigenvalue weighted by Gasteiger charge is 2.36. The molecule has 1 atom stereocenters. The highest BCUT2D eigenvalue weighted by molar-refractivity contribution is 5.98. The molecule has 0 saturated carbocycles. The maximum absolute atomic E-state index is 13.2. The highest BCUT2D eigenvalue weighted by atomic mass is 19.1. The van der Waals surface area contributed by atoms with E-state index in [4.69, 9.17) is 5.11 Å². The van der Waals surface area contributed by atoms with Crippen LogP contribution in [0.5, 0.6) is 0 Å². The van der Waals surface area contributed by atoms with E-state index in [1.165, 1.54) is 17.0 Å². The second-order valence-electron chi connectivity index (χ2n) is 5.26. The second-order valence-corrected chi connectivity index (χ2v) is 5.26. The van der Waals surface area contributed by atoms with Gasteiger partial charge in [-0.25, -0.2) is 9.18 Å². The number of nitrogens with zero attached hydrogens (tertiary/aromatic N) is 2. The molecular weight excluding hydrogens is 263 g/mol. The first-order valence-electron chi connectivity index (χ1n) is 6.63. The molecule has 20 heavy (non-hydrogen) atoms. The number of carboxylic acid groups (broad SMARTS) is 1. The average molecular weight is 278 g/mol. The van der Waals surface area contributed by atoms with Gasteiger partial charge in [0.25, 0.3) is 5.91 Å². The molecule has 0 aliphatic carbocycles. The number of hydrogen-bond donors (Lipinski definition) is 1. The number of fused-ring (bicyclic) bond motifs is 1. The van der Waals surface area contributed by atoms with Gasteiger partial charge in [0.15, 0.2) is 0 Å². The minimum Gasteiger partial charge on any atom is -0.465 e. The van der Waals surface area contributed by atoms with Crippen LogP contribution in [0.15, 0.2) is 18.2 Å². The van der Waals surface area contributed by atoms with Crippen LogP contribution in [0.2, 0.25) is 0 Å². The Morgan fingerprint density at radius 1 is 1.40 bits per heavy atom. The maximum Gasteiger partial charge on any atom is 0.407 e. The Hall–Kier alpha value is -2.11. The number of amides is 2. The minimum absolute atomic E-state index is 0.122. The van der Waals surface area contributed by atoms with E-state index >= 15 is 0 Å². The van der Waals surface area contributed by atoms with Crippen LogP contribution in [-0.2, 0) is 6.54 Å². The molecule has 0 bridgehead atoms.